The molecule has 0 radical (unpaired) electrons. The van der Waals surface area contributed by atoms with Crippen LogP contribution in [0.4, 0.5) is 5.13 Å². The second kappa shape index (κ2) is 8.80. The zero-order chi connectivity index (χ0) is 22.9. The maximum Gasteiger partial charge on any atom is 0.233 e. The van der Waals surface area contributed by atoms with Gasteiger partial charge in [-0.05, 0) is 60.4 Å². The molecule has 0 saturated carbocycles. The quantitative estimate of drug-likeness (QED) is 0.419. The van der Waals surface area contributed by atoms with Crippen LogP contribution in [0.2, 0.25) is 0 Å². The first kappa shape index (κ1) is 22.1. The Bertz CT molecular complexity index is 1380. The molecule has 6 nitrogen and oxygen atoms in total. The number of benzene rings is 2. The van der Waals surface area contributed by atoms with Crippen LogP contribution in [0.5, 0.6) is 0 Å². The van der Waals surface area contributed by atoms with Gasteiger partial charge in [-0.3, -0.25) is 14.7 Å². The van der Waals surface area contributed by atoms with Crippen molar-refractivity contribution in [3.63, 3.8) is 0 Å². The van der Waals surface area contributed by atoms with E-state index in [1.54, 1.807) is 29.4 Å². The van der Waals surface area contributed by atoms with Crippen LogP contribution in [-0.2, 0) is 27.6 Å². The number of nitrogens with zero attached hydrogens (tertiary/aromatic N) is 3. The van der Waals surface area contributed by atoms with E-state index in [-0.39, 0.29) is 17.2 Å². The predicted molar refractivity (Wildman–Crippen MR) is 128 cm³/mol. The number of fused-ring (bicyclic) bond motifs is 1. The lowest BCUT2D eigenvalue weighted by Gasteiger charge is -2.20. The minimum absolute atomic E-state index is 0.116. The lowest BCUT2D eigenvalue weighted by atomic mass is 10.1. The third-order valence-corrected chi connectivity index (χ3v) is 7.47. The van der Waals surface area contributed by atoms with Crippen molar-refractivity contribution in [3.05, 3.63) is 83.2 Å². The average Bonchev–Trinajstić information content (AvgIpc) is 3.16. The van der Waals surface area contributed by atoms with Crippen molar-refractivity contribution in [2.75, 3.05) is 11.2 Å². The van der Waals surface area contributed by atoms with Crippen LogP contribution in [0, 0.1) is 13.8 Å². The first-order valence-electron chi connectivity index (χ1n) is 10.1. The zero-order valence-electron chi connectivity index (χ0n) is 18.1. The molecule has 0 saturated heterocycles. The van der Waals surface area contributed by atoms with Crippen LogP contribution in [0.1, 0.15) is 22.3 Å². The number of aryl methyl sites for hydroxylation is 2. The maximum atomic E-state index is 13.4. The minimum atomic E-state index is -3.28. The average molecular weight is 466 g/mol. The van der Waals surface area contributed by atoms with E-state index in [0.29, 0.717) is 11.7 Å². The number of pyridine rings is 1. The van der Waals surface area contributed by atoms with Crippen molar-refractivity contribution in [3.8, 4) is 0 Å². The van der Waals surface area contributed by atoms with Gasteiger partial charge < -0.3 is 0 Å². The second-order valence-corrected chi connectivity index (χ2v) is 10.9. The second-order valence-electron chi connectivity index (χ2n) is 7.86. The van der Waals surface area contributed by atoms with Gasteiger partial charge in [0.15, 0.2) is 15.0 Å². The summed E-state index contributed by atoms with van der Waals surface area (Å²) in [5.41, 5.74) is 4.79. The molecule has 0 aliphatic rings. The summed E-state index contributed by atoms with van der Waals surface area (Å²) in [6.07, 6.45) is 4.74. The largest absolute Gasteiger partial charge is 0.283 e. The summed E-state index contributed by atoms with van der Waals surface area (Å²) in [5.74, 6) is -0.116. The molecule has 0 N–H and O–H groups in total. The molecule has 164 valence electrons. The summed E-state index contributed by atoms with van der Waals surface area (Å²) in [6.45, 7) is 4.43. The fourth-order valence-corrected chi connectivity index (χ4v) is 5.20. The van der Waals surface area contributed by atoms with Crippen LogP contribution in [0.25, 0.3) is 10.2 Å². The lowest BCUT2D eigenvalue weighted by Crippen LogP contribution is -2.31. The van der Waals surface area contributed by atoms with E-state index in [9.17, 15) is 13.2 Å². The highest BCUT2D eigenvalue weighted by Gasteiger charge is 2.21. The number of carbonyl (C=O) groups excluding carboxylic acids is 1. The van der Waals surface area contributed by atoms with Gasteiger partial charge in [0.1, 0.15) is 0 Å². The van der Waals surface area contributed by atoms with Gasteiger partial charge in [0.25, 0.3) is 0 Å². The molecule has 8 heteroatoms. The van der Waals surface area contributed by atoms with Crippen molar-refractivity contribution in [2.45, 2.75) is 31.7 Å². The topological polar surface area (TPSA) is 80.2 Å². The number of thiazole rings is 1. The molecule has 0 aliphatic heterocycles. The number of hydrogen-bond donors (Lipinski definition) is 0. The van der Waals surface area contributed by atoms with Gasteiger partial charge in [-0.1, -0.05) is 35.6 Å². The molecule has 32 heavy (non-hydrogen) atoms. The van der Waals surface area contributed by atoms with E-state index in [1.165, 1.54) is 29.7 Å². The van der Waals surface area contributed by atoms with Gasteiger partial charge in [-0.2, -0.15) is 0 Å². The van der Waals surface area contributed by atoms with Crippen molar-refractivity contribution in [1.82, 2.24) is 9.97 Å². The van der Waals surface area contributed by atoms with Gasteiger partial charge >= 0.3 is 0 Å². The van der Waals surface area contributed by atoms with Gasteiger partial charge in [0.05, 0.1) is 28.1 Å². The van der Waals surface area contributed by atoms with E-state index in [0.717, 1.165) is 32.5 Å². The fraction of sp³-hybridized carbons (Fsp3) is 0.208. The molecule has 0 bridgehead atoms. The summed E-state index contributed by atoms with van der Waals surface area (Å²) in [6, 6.07) is 14.3. The molecule has 2 aromatic carbocycles. The zero-order valence-corrected chi connectivity index (χ0v) is 19.7. The number of amides is 1. The van der Waals surface area contributed by atoms with E-state index >= 15 is 0 Å². The van der Waals surface area contributed by atoms with Crippen LogP contribution < -0.4 is 4.90 Å². The van der Waals surface area contributed by atoms with Crippen molar-refractivity contribution >= 4 is 42.4 Å². The standard InChI is InChI=1S/C24H23N3O3S2/c1-16-11-17(2)23-21(12-16)26-24(31-23)27(15-19-5-4-10-25-14-19)22(28)13-18-6-8-20(9-7-18)32(3,29)30/h4-12,14H,13,15H2,1-3H3. The predicted octanol–water partition coefficient (Wildman–Crippen LogP) is 4.49. The van der Waals surface area contributed by atoms with Crippen LogP contribution in [-0.4, -0.2) is 30.5 Å². The Balaban J connectivity index is 1.68. The minimum Gasteiger partial charge on any atom is -0.283 e. The molecule has 0 spiro atoms. The summed E-state index contributed by atoms with van der Waals surface area (Å²) in [7, 11) is -3.28. The Morgan fingerprint density at radius 2 is 1.81 bits per heavy atom. The molecule has 1 amide bonds. The fourth-order valence-electron chi connectivity index (χ4n) is 3.54. The molecule has 4 rings (SSSR count). The van der Waals surface area contributed by atoms with Crippen LogP contribution >= 0.6 is 11.3 Å². The Labute approximate surface area is 191 Å². The number of aromatic nitrogens is 2. The van der Waals surface area contributed by atoms with Crippen LogP contribution in [0.15, 0.2) is 65.8 Å². The highest BCUT2D eigenvalue weighted by Crippen LogP contribution is 2.33. The summed E-state index contributed by atoms with van der Waals surface area (Å²) >= 11 is 1.50. The van der Waals surface area contributed by atoms with E-state index < -0.39 is 9.84 Å². The molecule has 0 unspecified atom stereocenters. The van der Waals surface area contributed by atoms with E-state index in [2.05, 4.69) is 11.1 Å². The van der Waals surface area contributed by atoms with Crippen molar-refractivity contribution in [1.29, 1.82) is 0 Å². The van der Waals surface area contributed by atoms with Crippen molar-refractivity contribution in [2.24, 2.45) is 0 Å². The third-order valence-electron chi connectivity index (χ3n) is 5.11. The normalized spacial score (nSPS) is 11.6. The molecule has 0 fully saturated rings. The number of anilines is 1. The third kappa shape index (κ3) is 4.87. The van der Waals surface area contributed by atoms with Gasteiger partial charge in [0, 0.05) is 18.6 Å². The van der Waals surface area contributed by atoms with Crippen LogP contribution in [0.3, 0.4) is 0 Å². The van der Waals surface area contributed by atoms with Gasteiger partial charge in [0.2, 0.25) is 5.91 Å². The first-order chi connectivity index (χ1) is 15.2. The molecule has 2 aromatic heterocycles. The number of carbonyl (C=O) groups is 1. The Morgan fingerprint density at radius 3 is 2.47 bits per heavy atom. The number of rotatable bonds is 6. The highest BCUT2D eigenvalue weighted by molar-refractivity contribution is 7.90. The molecule has 4 aromatic rings. The summed E-state index contributed by atoms with van der Waals surface area (Å²) in [4.78, 5) is 24.2. The molecular formula is C24H23N3O3S2. The molecular weight excluding hydrogens is 442 g/mol. The number of sulfone groups is 1. The Kier molecular flexibility index (Phi) is 6.08. The molecule has 0 aliphatic carbocycles. The monoisotopic (exact) mass is 465 g/mol. The maximum absolute atomic E-state index is 13.4. The molecule has 0 atom stereocenters. The van der Waals surface area contributed by atoms with E-state index in [4.69, 9.17) is 4.98 Å². The number of hydrogen-bond acceptors (Lipinski definition) is 6. The van der Waals surface area contributed by atoms with Gasteiger partial charge in [-0.25, -0.2) is 13.4 Å². The lowest BCUT2D eigenvalue weighted by molar-refractivity contribution is -0.118. The summed E-state index contributed by atoms with van der Waals surface area (Å²) in [5, 5.41) is 0.635. The first-order valence-corrected chi connectivity index (χ1v) is 12.8. The van der Waals surface area contributed by atoms with Gasteiger partial charge in [-0.15, -0.1) is 0 Å². The Morgan fingerprint density at radius 1 is 1.06 bits per heavy atom. The van der Waals surface area contributed by atoms with E-state index in [1.807, 2.05) is 32.0 Å². The summed E-state index contributed by atoms with van der Waals surface area (Å²) < 4.78 is 24.5. The smallest absolute Gasteiger partial charge is 0.233 e. The highest BCUT2D eigenvalue weighted by atomic mass is 32.2. The Hall–Kier alpha value is -3.10. The molecule has 2 heterocycles. The SMILES string of the molecule is Cc1cc(C)c2sc(N(Cc3cccnc3)C(=O)Cc3ccc(S(C)(=O)=O)cc3)nc2c1. The van der Waals surface area contributed by atoms with Crippen molar-refractivity contribution < 1.29 is 13.2 Å².